The van der Waals surface area contributed by atoms with Crippen LogP contribution in [0, 0.1) is 27.7 Å². The molecular formula is C76H76N12. The largest absolute Gasteiger partial charge is 0.353 e. The van der Waals surface area contributed by atoms with Gasteiger partial charge in [-0.2, -0.15) is 0 Å². The molecule has 0 radical (unpaired) electrons. The molecule has 4 N–H and O–H groups in total. The zero-order chi connectivity index (χ0) is 61.1. The molecule has 12 heteroatoms. The van der Waals surface area contributed by atoms with Crippen molar-refractivity contribution in [3.05, 3.63) is 218 Å². The van der Waals surface area contributed by atoms with Crippen molar-refractivity contribution in [2.75, 3.05) is 0 Å². The van der Waals surface area contributed by atoms with Crippen molar-refractivity contribution in [3.63, 3.8) is 0 Å². The maximum Gasteiger partial charge on any atom is 0.197 e. The summed E-state index contributed by atoms with van der Waals surface area (Å²) in [6.07, 6.45) is 15.2. The number of rotatable bonds is 12. The van der Waals surface area contributed by atoms with Gasteiger partial charge in [0.1, 0.15) is 0 Å². The Kier molecular flexibility index (Phi) is 15.4. The summed E-state index contributed by atoms with van der Waals surface area (Å²) in [4.78, 5) is 59.5. The van der Waals surface area contributed by atoms with Crippen LogP contribution in [0.3, 0.4) is 0 Å². The molecule has 0 saturated carbocycles. The van der Waals surface area contributed by atoms with Crippen molar-refractivity contribution >= 4 is 81.6 Å². The molecule has 88 heavy (non-hydrogen) atoms. The Morgan fingerprint density at radius 2 is 0.614 bits per heavy atom. The van der Waals surface area contributed by atoms with E-state index in [4.69, 9.17) is 39.9 Å². The standard InChI is InChI=1S/C76H76N12/c1-13-49-53(17-5)69-70-54(18-6)50(14-2)58(78-70)38-62-66(46-31-23-42(10)24-32-46)87-75(83-62)76-84-64(68(88-76)48-35-27-44(12)28-36-48)40-60-52(16-4)56(20-8)72(80-60)71-55(19-7)51(15-3)59(79-71)39-63-67(47-33-25-43(11)26-34-47)86-74(82-63)73-81-61(37-57(49)77-69)65(85-73)45-29-21-41(9)22-30-45/h21-40,77,80H,13-20H2,1-12H3,(H,82,86)(H,83,87). The SMILES string of the molecule is CCC1=C(CC)C2=c3[nH]c(c(CC)c3CC)=CC3=NC(=c4nc(-c5ccc(C)cc5)c([nH]4)=CC4=NC(=c5[nH]c(c(CC)c5CC)=CC5=NC(=c6nc(-c7ccc(C)cc7)c([nH]6)=CC1=N2)N=C5c1ccc(C)cc1)C(CC)=C4CC)N=C3c1ccc(C)cc1. The molecule has 16 bridgehead atoms. The number of aryl methyl sites for hydroxylation is 4. The molecule has 0 saturated heterocycles. The fourth-order valence-corrected chi connectivity index (χ4v) is 13.3. The number of aromatic amines is 4. The van der Waals surface area contributed by atoms with Crippen molar-refractivity contribution in [2.24, 2.45) is 30.0 Å². The Morgan fingerprint density at radius 1 is 0.295 bits per heavy atom. The van der Waals surface area contributed by atoms with E-state index >= 15 is 0 Å². The highest BCUT2D eigenvalue weighted by Crippen LogP contribution is 2.33. The van der Waals surface area contributed by atoms with Crippen LogP contribution in [-0.2, 0) is 25.7 Å². The van der Waals surface area contributed by atoms with Gasteiger partial charge in [-0.1, -0.05) is 175 Å². The average molecular weight is 1160 g/mol. The Labute approximate surface area is 513 Å². The molecule has 0 atom stereocenters. The predicted molar refractivity (Wildman–Crippen MR) is 365 cm³/mol. The summed E-state index contributed by atoms with van der Waals surface area (Å²) >= 11 is 0. The molecule has 0 unspecified atom stereocenters. The topological polar surface area (TPSA) is 163 Å². The van der Waals surface area contributed by atoms with Crippen molar-refractivity contribution < 1.29 is 0 Å². The third kappa shape index (κ3) is 10.2. The second-order valence-corrected chi connectivity index (χ2v) is 23.5. The van der Waals surface area contributed by atoms with E-state index in [1.165, 1.54) is 66.8 Å². The molecular weight excluding hydrogens is 1080 g/mol. The second kappa shape index (κ2) is 23.5. The van der Waals surface area contributed by atoms with Crippen LogP contribution in [0.2, 0.25) is 0 Å². The minimum Gasteiger partial charge on any atom is -0.353 e. The van der Waals surface area contributed by atoms with Crippen LogP contribution in [0.4, 0.5) is 0 Å². The summed E-state index contributed by atoms with van der Waals surface area (Å²) in [7, 11) is 0. The lowest BCUT2D eigenvalue weighted by molar-refractivity contribution is 1.03. The summed E-state index contributed by atoms with van der Waals surface area (Å²) in [5.41, 5.74) is 28.0. The number of aromatic nitrogens is 6. The lowest BCUT2D eigenvalue weighted by atomic mass is 9.98. The first-order valence-corrected chi connectivity index (χ1v) is 31.7. The number of nitrogens with one attached hydrogen (secondary N) is 4. The maximum atomic E-state index is 5.66. The quantitative estimate of drug-likeness (QED) is 0.0959. The van der Waals surface area contributed by atoms with Gasteiger partial charge < -0.3 is 19.9 Å². The fourth-order valence-electron chi connectivity index (χ4n) is 13.3. The minimum atomic E-state index is 0.511. The van der Waals surface area contributed by atoms with Gasteiger partial charge in [0.25, 0.3) is 0 Å². The van der Waals surface area contributed by atoms with Gasteiger partial charge in [0.15, 0.2) is 22.6 Å². The van der Waals surface area contributed by atoms with Gasteiger partial charge in [-0.05, 0) is 148 Å². The van der Waals surface area contributed by atoms with E-state index in [0.717, 1.165) is 163 Å². The molecule has 5 aliphatic rings. The normalized spacial score (nSPS) is 15.5. The number of imidazole rings is 2. The summed E-state index contributed by atoms with van der Waals surface area (Å²) in [6.45, 7) is 26.4. The molecule has 4 aromatic heterocycles. The van der Waals surface area contributed by atoms with Gasteiger partial charge in [0.05, 0.1) is 78.4 Å². The highest BCUT2D eigenvalue weighted by molar-refractivity contribution is 6.60. The Morgan fingerprint density at radius 3 is 0.932 bits per heavy atom. The first-order valence-electron chi connectivity index (χ1n) is 31.7. The third-order valence-corrected chi connectivity index (χ3v) is 17.9. The number of hydrogen-bond acceptors (Lipinski definition) is 8. The molecule has 13 rings (SSSR count). The van der Waals surface area contributed by atoms with Crippen LogP contribution < -0.4 is 43.1 Å². The summed E-state index contributed by atoms with van der Waals surface area (Å²) in [6, 6.07) is 34.3. The van der Waals surface area contributed by atoms with E-state index in [9.17, 15) is 0 Å². The molecule has 12 nitrogen and oxygen atoms in total. The Balaban J connectivity index is 1.17. The van der Waals surface area contributed by atoms with Crippen LogP contribution in [-0.4, -0.2) is 64.2 Å². The predicted octanol–water partition coefficient (Wildman–Crippen LogP) is 10.2. The zero-order valence-electron chi connectivity index (χ0n) is 52.8. The molecule has 440 valence electrons. The Bertz CT molecular complexity index is 4710. The summed E-state index contributed by atoms with van der Waals surface area (Å²) in [5, 5.41) is 5.72. The lowest BCUT2D eigenvalue weighted by Crippen LogP contribution is -2.19. The van der Waals surface area contributed by atoms with Gasteiger partial charge in [-0.15, -0.1) is 0 Å². The van der Waals surface area contributed by atoms with Gasteiger partial charge in [-0.3, -0.25) is 0 Å². The van der Waals surface area contributed by atoms with Crippen LogP contribution in [0.5, 0.6) is 0 Å². The number of hydrogen-bond donors (Lipinski definition) is 4. The van der Waals surface area contributed by atoms with Crippen LogP contribution >= 0.6 is 0 Å². The molecule has 8 aromatic rings. The van der Waals surface area contributed by atoms with Crippen molar-refractivity contribution in [1.29, 1.82) is 0 Å². The van der Waals surface area contributed by atoms with Gasteiger partial charge in [0, 0.05) is 33.0 Å². The smallest absolute Gasteiger partial charge is 0.197 e. The molecule has 4 aromatic carbocycles. The molecule has 0 aliphatic carbocycles. The first kappa shape index (κ1) is 57.4. The molecule has 0 amide bonds. The summed E-state index contributed by atoms with van der Waals surface area (Å²) in [5.74, 6) is 1.02. The molecule has 0 spiro atoms. The van der Waals surface area contributed by atoms with Crippen LogP contribution in [0.25, 0.3) is 69.9 Å². The monoisotopic (exact) mass is 1160 g/mol. The fraction of sp³-hybridized carbons (Fsp3) is 0.263. The number of aliphatic imine (C=N–C) groups is 6. The number of allylic oxidation sites excluding steroid dienone is 2. The van der Waals surface area contributed by atoms with E-state index in [-0.39, 0.29) is 0 Å². The lowest BCUT2D eigenvalue weighted by Gasteiger charge is -2.05. The number of H-pyrrole nitrogens is 4. The van der Waals surface area contributed by atoms with Gasteiger partial charge >= 0.3 is 0 Å². The second-order valence-electron chi connectivity index (χ2n) is 23.5. The van der Waals surface area contributed by atoms with Crippen LogP contribution in [0.1, 0.15) is 137 Å². The molecule has 9 heterocycles. The maximum absolute atomic E-state index is 5.66. The van der Waals surface area contributed by atoms with Crippen molar-refractivity contribution in [3.8, 4) is 22.5 Å². The van der Waals surface area contributed by atoms with Gasteiger partial charge in [0.2, 0.25) is 0 Å². The van der Waals surface area contributed by atoms with E-state index < -0.39 is 0 Å². The minimum absolute atomic E-state index is 0.511. The number of benzene rings is 4. The number of nitrogens with zero attached hydrogens (tertiary/aromatic N) is 8. The average Bonchev–Trinajstić information content (AvgIpc) is 2.29. The summed E-state index contributed by atoms with van der Waals surface area (Å²) < 4.78 is 0. The zero-order valence-corrected chi connectivity index (χ0v) is 52.8. The number of fused-ring (bicyclic) bond motifs is 12. The van der Waals surface area contributed by atoms with Crippen LogP contribution in [0.15, 0.2) is 149 Å². The first-order chi connectivity index (χ1) is 42.8. The van der Waals surface area contributed by atoms with E-state index in [1.807, 2.05) is 0 Å². The molecule has 5 aliphatic heterocycles. The van der Waals surface area contributed by atoms with E-state index in [0.29, 0.717) is 22.6 Å². The third-order valence-electron chi connectivity index (χ3n) is 17.9. The van der Waals surface area contributed by atoms with Crippen molar-refractivity contribution in [2.45, 2.75) is 134 Å². The molecule has 0 fully saturated rings. The highest BCUT2D eigenvalue weighted by atomic mass is 15.1. The highest BCUT2D eigenvalue weighted by Gasteiger charge is 2.28. The van der Waals surface area contributed by atoms with Gasteiger partial charge in [-0.25, -0.2) is 39.9 Å². The van der Waals surface area contributed by atoms with Crippen molar-refractivity contribution in [1.82, 2.24) is 29.9 Å². The van der Waals surface area contributed by atoms with E-state index in [2.05, 4.69) is 224 Å². The Hall–Kier alpha value is -9.68. The van der Waals surface area contributed by atoms with E-state index in [1.54, 1.807) is 0 Å².